The number of rotatable bonds is 3. The second-order valence-corrected chi connectivity index (χ2v) is 4.27. The van der Waals surface area contributed by atoms with Gasteiger partial charge in [0.1, 0.15) is 5.82 Å². The zero-order chi connectivity index (χ0) is 13.9. The summed E-state index contributed by atoms with van der Waals surface area (Å²) in [6.07, 6.45) is 0. The number of para-hydroxylation sites is 1. The van der Waals surface area contributed by atoms with Crippen molar-refractivity contribution in [2.45, 2.75) is 13.5 Å². The predicted octanol–water partition coefficient (Wildman–Crippen LogP) is 2.41. The van der Waals surface area contributed by atoms with Crippen LogP contribution in [0.5, 0.6) is 0 Å². The molecule has 1 N–H and O–H groups in total. The van der Waals surface area contributed by atoms with Gasteiger partial charge in [0.05, 0.1) is 23.7 Å². The summed E-state index contributed by atoms with van der Waals surface area (Å²) in [5, 5.41) is 16.9. The average molecular weight is 265 g/mol. The summed E-state index contributed by atoms with van der Waals surface area (Å²) in [6, 6.07) is 11.4. The van der Waals surface area contributed by atoms with Crippen LogP contribution in [0.25, 0.3) is 10.9 Å². The van der Waals surface area contributed by atoms with Gasteiger partial charge in [-0.1, -0.05) is 23.4 Å². The van der Waals surface area contributed by atoms with E-state index in [9.17, 15) is 5.26 Å². The average Bonchev–Trinajstić information content (AvgIpc) is 2.90. The third-order valence-electron chi connectivity index (χ3n) is 2.83. The monoisotopic (exact) mass is 265 g/mol. The third-order valence-corrected chi connectivity index (χ3v) is 2.83. The third kappa shape index (κ3) is 2.29. The van der Waals surface area contributed by atoms with Crippen LogP contribution >= 0.6 is 0 Å². The first kappa shape index (κ1) is 12.1. The van der Waals surface area contributed by atoms with Gasteiger partial charge in [0.15, 0.2) is 5.82 Å². The molecule has 3 rings (SSSR count). The summed E-state index contributed by atoms with van der Waals surface area (Å²) in [5.41, 5.74) is 1.36. The Kier molecular flexibility index (Phi) is 3.01. The van der Waals surface area contributed by atoms with Crippen LogP contribution < -0.4 is 5.32 Å². The number of aryl methyl sites for hydroxylation is 1. The fourth-order valence-electron chi connectivity index (χ4n) is 1.94. The maximum Gasteiger partial charge on any atom is 0.223 e. The molecule has 0 aliphatic carbocycles. The van der Waals surface area contributed by atoms with Crippen molar-refractivity contribution in [3.63, 3.8) is 0 Å². The van der Waals surface area contributed by atoms with Crippen LogP contribution in [0.15, 0.2) is 34.9 Å². The Bertz CT molecular complexity index is 803. The highest BCUT2D eigenvalue weighted by Crippen LogP contribution is 2.20. The molecule has 6 heteroatoms. The van der Waals surface area contributed by atoms with E-state index >= 15 is 0 Å². The van der Waals surface area contributed by atoms with Crippen molar-refractivity contribution < 1.29 is 4.52 Å². The van der Waals surface area contributed by atoms with Crippen molar-refractivity contribution in [3.05, 3.63) is 47.6 Å². The zero-order valence-corrected chi connectivity index (χ0v) is 10.8. The maximum absolute atomic E-state index is 9.20. The van der Waals surface area contributed by atoms with Crippen molar-refractivity contribution in [1.82, 2.24) is 15.1 Å². The van der Waals surface area contributed by atoms with Gasteiger partial charge in [-0.25, -0.2) is 4.98 Å². The van der Waals surface area contributed by atoms with Crippen molar-refractivity contribution in [1.29, 1.82) is 5.26 Å². The van der Waals surface area contributed by atoms with Gasteiger partial charge >= 0.3 is 0 Å². The summed E-state index contributed by atoms with van der Waals surface area (Å²) in [6.45, 7) is 2.13. The molecule has 0 unspecified atom stereocenters. The number of nitriles is 1. The van der Waals surface area contributed by atoms with Gasteiger partial charge in [0.2, 0.25) is 5.89 Å². The number of hydrogen-bond donors (Lipinski definition) is 1. The molecule has 0 atom stereocenters. The van der Waals surface area contributed by atoms with Crippen LogP contribution in [0.4, 0.5) is 5.82 Å². The Balaban J connectivity index is 1.90. The van der Waals surface area contributed by atoms with E-state index in [0.717, 1.165) is 10.9 Å². The van der Waals surface area contributed by atoms with Crippen LogP contribution in [0, 0.1) is 18.3 Å². The summed E-state index contributed by atoms with van der Waals surface area (Å²) >= 11 is 0. The highest BCUT2D eigenvalue weighted by atomic mass is 16.5. The lowest BCUT2D eigenvalue weighted by atomic mass is 10.1. The Morgan fingerprint density at radius 1 is 1.30 bits per heavy atom. The van der Waals surface area contributed by atoms with Crippen molar-refractivity contribution >= 4 is 16.7 Å². The molecule has 0 saturated heterocycles. The minimum Gasteiger partial charge on any atom is -0.363 e. The molecular weight excluding hydrogens is 254 g/mol. The van der Waals surface area contributed by atoms with Gasteiger partial charge in [-0.2, -0.15) is 10.2 Å². The van der Waals surface area contributed by atoms with Gasteiger partial charge < -0.3 is 9.84 Å². The lowest BCUT2D eigenvalue weighted by Crippen LogP contribution is -2.03. The highest BCUT2D eigenvalue weighted by molar-refractivity contribution is 5.86. The standard InChI is InChI=1S/C14H11N5O/c1-9-17-14(19-20-9)8-16-13-6-10(7-15)11-4-2-3-5-12(11)18-13/h2-6H,8H2,1H3,(H,16,18). The van der Waals surface area contributed by atoms with Gasteiger partial charge in [0, 0.05) is 12.3 Å². The second-order valence-electron chi connectivity index (χ2n) is 4.27. The lowest BCUT2D eigenvalue weighted by Gasteiger charge is -2.06. The van der Waals surface area contributed by atoms with E-state index in [1.807, 2.05) is 24.3 Å². The molecule has 0 saturated carbocycles. The van der Waals surface area contributed by atoms with Gasteiger partial charge in [-0.3, -0.25) is 0 Å². The molecule has 0 aliphatic heterocycles. The van der Waals surface area contributed by atoms with E-state index in [-0.39, 0.29) is 0 Å². The number of nitrogens with one attached hydrogen (secondary N) is 1. The number of fused-ring (bicyclic) bond motifs is 1. The number of benzene rings is 1. The minimum atomic E-state index is 0.396. The quantitative estimate of drug-likeness (QED) is 0.782. The Hall–Kier alpha value is -2.94. The first-order valence-corrected chi connectivity index (χ1v) is 6.09. The molecule has 0 spiro atoms. The number of hydrogen-bond acceptors (Lipinski definition) is 6. The van der Waals surface area contributed by atoms with Crippen LogP contribution in [0.1, 0.15) is 17.3 Å². The summed E-state index contributed by atoms with van der Waals surface area (Å²) in [4.78, 5) is 8.55. The fourth-order valence-corrected chi connectivity index (χ4v) is 1.94. The van der Waals surface area contributed by atoms with Crippen molar-refractivity contribution in [2.24, 2.45) is 0 Å². The van der Waals surface area contributed by atoms with Gasteiger partial charge in [-0.05, 0) is 12.1 Å². The van der Waals surface area contributed by atoms with Gasteiger partial charge in [-0.15, -0.1) is 0 Å². The van der Waals surface area contributed by atoms with Crippen LogP contribution in [0.3, 0.4) is 0 Å². The topological polar surface area (TPSA) is 87.6 Å². The normalized spacial score (nSPS) is 10.4. The first-order valence-electron chi connectivity index (χ1n) is 6.09. The van der Waals surface area contributed by atoms with E-state index < -0.39 is 0 Å². The maximum atomic E-state index is 9.20. The molecule has 0 bridgehead atoms. The molecule has 3 aromatic rings. The van der Waals surface area contributed by atoms with E-state index in [4.69, 9.17) is 4.52 Å². The highest BCUT2D eigenvalue weighted by Gasteiger charge is 2.06. The summed E-state index contributed by atoms with van der Waals surface area (Å²) < 4.78 is 4.89. The Morgan fingerprint density at radius 2 is 2.15 bits per heavy atom. The SMILES string of the molecule is Cc1nc(CNc2cc(C#N)c3ccccc3n2)no1. The summed E-state index contributed by atoms with van der Waals surface area (Å²) in [5.74, 6) is 1.68. The van der Waals surface area contributed by atoms with Crippen LogP contribution in [-0.2, 0) is 6.54 Å². The second kappa shape index (κ2) is 4.97. The molecule has 2 aromatic heterocycles. The fraction of sp³-hybridized carbons (Fsp3) is 0.143. The number of aromatic nitrogens is 3. The molecule has 0 amide bonds. The molecule has 20 heavy (non-hydrogen) atoms. The zero-order valence-electron chi connectivity index (χ0n) is 10.8. The van der Waals surface area contributed by atoms with Crippen LogP contribution in [-0.4, -0.2) is 15.1 Å². The molecule has 6 nitrogen and oxygen atoms in total. The predicted molar refractivity (Wildman–Crippen MR) is 72.8 cm³/mol. The van der Waals surface area contributed by atoms with E-state index in [1.54, 1.807) is 13.0 Å². The Morgan fingerprint density at radius 3 is 2.90 bits per heavy atom. The van der Waals surface area contributed by atoms with Crippen LogP contribution in [0.2, 0.25) is 0 Å². The number of anilines is 1. The molecule has 0 radical (unpaired) electrons. The largest absolute Gasteiger partial charge is 0.363 e. The first-order chi connectivity index (χ1) is 9.76. The minimum absolute atomic E-state index is 0.396. The van der Waals surface area contributed by atoms with Crippen molar-refractivity contribution in [3.8, 4) is 6.07 Å². The smallest absolute Gasteiger partial charge is 0.223 e. The molecular formula is C14H11N5O. The lowest BCUT2D eigenvalue weighted by molar-refractivity contribution is 0.388. The van der Waals surface area contributed by atoms with Crippen molar-refractivity contribution in [2.75, 3.05) is 5.32 Å². The van der Waals surface area contributed by atoms with Gasteiger partial charge in [0.25, 0.3) is 0 Å². The number of pyridine rings is 1. The summed E-state index contributed by atoms with van der Waals surface area (Å²) in [7, 11) is 0. The molecule has 2 heterocycles. The Labute approximate surface area is 115 Å². The van der Waals surface area contributed by atoms with E-state index in [0.29, 0.717) is 29.6 Å². The molecule has 1 aromatic carbocycles. The molecule has 98 valence electrons. The van der Waals surface area contributed by atoms with E-state index in [2.05, 4.69) is 26.5 Å². The molecule has 0 aliphatic rings. The van der Waals surface area contributed by atoms with E-state index in [1.165, 1.54) is 0 Å². The number of nitrogens with zero attached hydrogens (tertiary/aromatic N) is 4. The molecule has 0 fully saturated rings.